The highest BCUT2D eigenvalue weighted by Crippen LogP contribution is 2.65. The third-order valence-corrected chi connectivity index (χ3v) is 4.81. The lowest BCUT2D eigenvalue weighted by atomic mass is 9.87. The van der Waals surface area contributed by atoms with E-state index in [4.69, 9.17) is 4.74 Å². The van der Waals surface area contributed by atoms with E-state index in [2.05, 4.69) is 0 Å². The molecule has 2 fully saturated rings. The first-order valence-electron chi connectivity index (χ1n) is 5.74. The van der Waals surface area contributed by atoms with Gasteiger partial charge in [-0.3, -0.25) is 0 Å². The normalized spacial score (nSPS) is 44.5. The van der Waals surface area contributed by atoms with Gasteiger partial charge in [0.25, 0.3) is 0 Å². The van der Waals surface area contributed by atoms with Crippen molar-refractivity contribution in [1.29, 1.82) is 0 Å². The summed E-state index contributed by atoms with van der Waals surface area (Å²) in [5, 5.41) is 12.5. The molecule has 0 aromatic rings. The molecule has 4 atom stereocenters. The summed E-state index contributed by atoms with van der Waals surface area (Å²) in [4.78, 5) is 13.4. The summed E-state index contributed by atoms with van der Waals surface area (Å²) in [5.41, 5.74) is 1.17. The van der Waals surface area contributed by atoms with Crippen LogP contribution in [0.4, 0.5) is 4.79 Å². The molecule has 1 aliphatic heterocycles. The van der Waals surface area contributed by atoms with Gasteiger partial charge in [0.15, 0.2) is 0 Å². The zero-order valence-electron chi connectivity index (χ0n) is 9.82. The van der Waals surface area contributed by atoms with Crippen LogP contribution in [0.5, 0.6) is 0 Å². The van der Waals surface area contributed by atoms with Crippen molar-refractivity contribution in [2.75, 3.05) is 13.7 Å². The van der Waals surface area contributed by atoms with Crippen LogP contribution in [0.1, 0.15) is 20.3 Å². The largest absolute Gasteiger partial charge is 0.453 e. The molecule has 0 aromatic carbocycles. The van der Waals surface area contributed by atoms with Gasteiger partial charge in [-0.15, -0.1) is 0 Å². The van der Waals surface area contributed by atoms with Crippen molar-refractivity contribution in [2.24, 2.45) is 11.8 Å². The van der Waals surface area contributed by atoms with Gasteiger partial charge in [0.05, 0.1) is 13.2 Å². The van der Waals surface area contributed by atoms with Crippen molar-refractivity contribution in [3.8, 4) is 0 Å². The number of hydrogen-bond acceptors (Lipinski definition) is 2. The van der Waals surface area contributed by atoms with Crippen LogP contribution in [0.2, 0.25) is 0 Å². The Hall–Kier alpha value is -1.03. The Kier molecular flexibility index (Phi) is 1.78. The van der Waals surface area contributed by atoms with Gasteiger partial charge in [0.2, 0.25) is 0 Å². The summed E-state index contributed by atoms with van der Waals surface area (Å²) in [7, 11) is 1.40. The molecule has 4 unspecified atom stereocenters. The molecule has 2 aliphatic carbocycles. The second kappa shape index (κ2) is 2.80. The topological polar surface area (TPSA) is 49.4 Å². The molecular weight excluding hydrogens is 206 g/mol. The highest BCUT2D eigenvalue weighted by molar-refractivity contribution is 5.70. The molecule has 1 heterocycles. The van der Waals surface area contributed by atoms with Crippen LogP contribution in [-0.2, 0) is 9.84 Å². The number of methoxy groups -OCH3 is 1. The maximum Gasteiger partial charge on any atom is 0.409 e. The number of rotatable bonds is 0. The summed E-state index contributed by atoms with van der Waals surface area (Å²) in [5.74, 6) is 0.363. The molecular formula is C12H16NO3. The third kappa shape index (κ3) is 0.919. The van der Waals surface area contributed by atoms with Gasteiger partial charge in [-0.05, 0) is 31.4 Å². The van der Waals surface area contributed by atoms with E-state index in [9.17, 15) is 9.90 Å². The lowest BCUT2D eigenvalue weighted by Crippen LogP contribution is -2.45. The Morgan fingerprint density at radius 1 is 1.44 bits per heavy atom. The average Bonchev–Trinajstić information content (AvgIpc) is 2.92. The number of hydrogen-bond donors (Lipinski definition) is 0. The number of likely N-dealkylation sites (tertiary alicyclic amines) is 1. The predicted octanol–water partition coefficient (Wildman–Crippen LogP) is 1.59. The number of carbonyl (C=O) groups is 1. The summed E-state index contributed by atoms with van der Waals surface area (Å²) >= 11 is 0. The lowest BCUT2D eigenvalue weighted by molar-refractivity contribution is 0.0680. The van der Waals surface area contributed by atoms with Gasteiger partial charge < -0.3 is 9.64 Å². The fourth-order valence-electron chi connectivity index (χ4n) is 3.66. The van der Waals surface area contributed by atoms with Crippen LogP contribution in [0.25, 0.3) is 0 Å². The van der Waals surface area contributed by atoms with Crippen molar-refractivity contribution in [3.05, 3.63) is 11.1 Å². The zero-order chi connectivity index (χ0) is 11.7. The first kappa shape index (κ1) is 10.1. The maximum atomic E-state index is 12.5. The molecule has 3 aliphatic rings. The van der Waals surface area contributed by atoms with Crippen LogP contribution >= 0.6 is 0 Å². The molecule has 1 saturated heterocycles. The molecule has 4 heteroatoms. The molecule has 1 saturated carbocycles. The van der Waals surface area contributed by atoms with Crippen LogP contribution in [0, 0.1) is 11.8 Å². The molecule has 2 bridgehead atoms. The number of carbonyl (C=O) groups excluding carboxylic acids is 1. The van der Waals surface area contributed by atoms with Crippen LogP contribution in [0.15, 0.2) is 11.1 Å². The highest BCUT2D eigenvalue weighted by Gasteiger charge is 2.72. The van der Waals surface area contributed by atoms with E-state index < -0.39 is 5.60 Å². The number of amides is 1. The van der Waals surface area contributed by atoms with Crippen molar-refractivity contribution in [3.63, 3.8) is 0 Å². The van der Waals surface area contributed by atoms with Crippen LogP contribution in [-0.4, -0.2) is 36.3 Å². The summed E-state index contributed by atoms with van der Waals surface area (Å²) in [6.45, 7) is 4.48. The summed E-state index contributed by atoms with van der Waals surface area (Å²) in [6.07, 6.45) is 0.527. The smallest absolute Gasteiger partial charge is 0.409 e. The quantitative estimate of drug-likeness (QED) is 0.584. The first-order valence-corrected chi connectivity index (χ1v) is 5.74. The zero-order valence-corrected chi connectivity index (χ0v) is 9.82. The molecule has 0 spiro atoms. The van der Waals surface area contributed by atoms with Gasteiger partial charge in [-0.2, -0.15) is 0 Å². The van der Waals surface area contributed by atoms with Gasteiger partial charge in [-0.1, -0.05) is 0 Å². The van der Waals surface area contributed by atoms with Gasteiger partial charge >= 0.3 is 6.09 Å². The van der Waals surface area contributed by atoms with E-state index in [-0.39, 0.29) is 24.0 Å². The van der Waals surface area contributed by atoms with E-state index in [0.717, 1.165) is 17.6 Å². The minimum atomic E-state index is -0.872. The average molecular weight is 222 g/mol. The summed E-state index contributed by atoms with van der Waals surface area (Å²) < 4.78 is 4.79. The Labute approximate surface area is 94.9 Å². The van der Waals surface area contributed by atoms with E-state index in [1.807, 2.05) is 13.8 Å². The number of piperidine rings is 1. The van der Waals surface area contributed by atoms with Crippen molar-refractivity contribution in [2.45, 2.75) is 31.9 Å². The fraction of sp³-hybridized carbons (Fsp3) is 0.750. The van der Waals surface area contributed by atoms with E-state index in [0.29, 0.717) is 6.54 Å². The minimum absolute atomic E-state index is 0.0956. The lowest BCUT2D eigenvalue weighted by Gasteiger charge is -2.35. The van der Waals surface area contributed by atoms with Crippen molar-refractivity contribution < 1.29 is 14.6 Å². The molecule has 0 aromatic heterocycles. The van der Waals surface area contributed by atoms with Crippen molar-refractivity contribution >= 4 is 6.09 Å². The molecule has 16 heavy (non-hydrogen) atoms. The molecule has 1 amide bonds. The Balaban J connectivity index is 2.00. The maximum absolute atomic E-state index is 12.5. The summed E-state index contributed by atoms with van der Waals surface area (Å²) in [6, 6.07) is 0.0956. The molecule has 3 rings (SSSR count). The molecule has 4 nitrogen and oxygen atoms in total. The number of fused-ring (bicyclic) bond motifs is 2. The Morgan fingerprint density at radius 2 is 2.12 bits per heavy atom. The van der Waals surface area contributed by atoms with E-state index in [1.54, 1.807) is 4.90 Å². The Morgan fingerprint density at radius 3 is 2.75 bits per heavy atom. The first-order chi connectivity index (χ1) is 7.51. The van der Waals surface area contributed by atoms with Crippen LogP contribution in [0.3, 0.4) is 0 Å². The van der Waals surface area contributed by atoms with Crippen LogP contribution < -0.4 is 0 Å². The fourth-order valence-corrected chi connectivity index (χ4v) is 3.66. The van der Waals surface area contributed by atoms with E-state index >= 15 is 0 Å². The van der Waals surface area contributed by atoms with Crippen molar-refractivity contribution in [1.82, 2.24) is 4.90 Å². The third-order valence-electron chi connectivity index (χ3n) is 4.81. The van der Waals surface area contributed by atoms with Gasteiger partial charge in [0, 0.05) is 18.4 Å². The molecule has 87 valence electrons. The standard InChI is InChI=1S/C12H16NO3/c1-6-7(2)12(15)8-4-10(6)13(5-9(8)12)11(14)16-3/h8-10H,4-5H2,1-3H3. The SMILES string of the molecule is COC(=O)N1CC2C3CC1C(C)=C(C)C32[O]. The molecule has 0 N–H and O–H groups in total. The predicted molar refractivity (Wildman–Crippen MR) is 56.3 cm³/mol. The monoisotopic (exact) mass is 222 g/mol. The number of nitrogens with zero attached hydrogens (tertiary/aromatic N) is 1. The second-order valence-corrected chi connectivity index (χ2v) is 5.19. The second-order valence-electron chi connectivity index (χ2n) is 5.19. The molecule has 1 radical (unpaired) electrons. The number of ether oxygens (including phenoxy) is 1. The highest BCUT2D eigenvalue weighted by atomic mass is 16.5. The van der Waals surface area contributed by atoms with Gasteiger partial charge in [0.1, 0.15) is 5.60 Å². The van der Waals surface area contributed by atoms with Gasteiger partial charge in [-0.25, -0.2) is 9.90 Å². The minimum Gasteiger partial charge on any atom is -0.453 e. The van der Waals surface area contributed by atoms with E-state index in [1.165, 1.54) is 7.11 Å². The Bertz CT molecular complexity index is 403.